The van der Waals surface area contributed by atoms with Gasteiger partial charge >= 0.3 is 0 Å². The number of ketones is 1. The SMILES string of the molecule is CN1C(=C(C#N)C(=O)COc2ccc(Cl)cc2C(N)=O)N(C)c2ccccc21. The number of hydrogen-bond acceptors (Lipinski definition) is 6. The molecule has 28 heavy (non-hydrogen) atoms. The number of anilines is 2. The average Bonchev–Trinajstić information content (AvgIpc) is 2.93. The third-order valence-electron chi connectivity index (χ3n) is 4.42. The van der Waals surface area contributed by atoms with Crippen LogP contribution in [0.4, 0.5) is 11.4 Å². The largest absolute Gasteiger partial charge is 0.485 e. The summed E-state index contributed by atoms with van der Waals surface area (Å²) in [5, 5.41) is 9.94. The van der Waals surface area contributed by atoms with Crippen molar-refractivity contribution in [3.05, 3.63) is 64.4 Å². The Morgan fingerprint density at radius 3 is 2.29 bits per heavy atom. The van der Waals surface area contributed by atoms with Gasteiger partial charge in [0, 0.05) is 19.1 Å². The molecule has 1 aliphatic heterocycles. The molecule has 0 spiro atoms. The predicted molar refractivity (Wildman–Crippen MR) is 106 cm³/mol. The first-order valence-electron chi connectivity index (χ1n) is 8.31. The Kier molecular flexibility index (Phi) is 5.25. The maximum absolute atomic E-state index is 12.7. The lowest BCUT2D eigenvalue weighted by molar-refractivity contribution is -0.117. The molecule has 7 nitrogen and oxygen atoms in total. The molecule has 1 aliphatic rings. The molecule has 1 amide bonds. The second-order valence-electron chi connectivity index (χ2n) is 6.13. The van der Waals surface area contributed by atoms with Crippen LogP contribution in [0.2, 0.25) is 5.02 Å². The monoisotopic (exact) mass is 396 g/mol. The summed E-state index contributed by atoms with van der Waals surface area (Å²) in [7, 11) is 3.57. The van der Waals surface area contributed by atoms with Gasteiger partial charge in [-0.15, -0.1) is 0 Å². The Morgan fingerprint density at radius 1 is 1.14 bits per heavy atom. The molecular formula is C20H17ClN4O3. The van der Waals surface area contributed by atoms with E-state index >= 15 is 0 Å². The molecular weight excluding hydrogens is 380 g/mol. The Bertz CT molecular complexity index is 1010. The first-order chi connectivity index (χ1) is 13.3. The Labute approximate surface area is 167 Å². The standard InChI is InChI=1S/C20H17ClN4O3/c1-24-15-5-3-4-6-16(15)25(2)20(24)14(10-22)17(26)11-28-18-8-7-12(21)9-13(18)19(23)27/h3-9H,11H2,1-2H3,(H2,23,27). The second kappa shape index (κ2) is 7.62. The number of nitriles is 1. The van der Waals surface area contributed by atoms with Crippen LogP contribution in [-0.4, -0.2) is 32.4 Å². The van der Waals surface area contributed by atoms with E-state index in [0.717, 1.165) is 11.4 Å². The van der Waals surface area contributed by atoms with Crippen molar-refractivity contribution in [3.63, 3.8) is 0 Å². The van der Waals surface area contributed by atoms with E-state index in [1.807, 2.05) is 30.3 Å². The molecule has 0 aliphatic carbocycles. The number of Topliss-reactive ketones (excluding diaryl/α,β-unsaturated/α-hetero) is 1. The summed E-state index contributed by atoms with van der Waals surface area (Å²) in [5.41, 5.74) is 7.11. The minimum atomic E-state index is -0.727. The topological polar surface area (TPSA) is 99.7 Å². The molecule has 0 bridgehead atoms. The molecule has 2 aromatic carbocycles. The fourth-order valence-electron chi connectivity index (χ4n) is 3.09. The van der Waals surface area contributed by atoms with Gasteiger partial charge in [-0.1, -0.05) is 23.7 Å². The summed E-state index contributed by atoms with van der Waals surface area (Å²) < 4.78 is 5.47. The van der Waals surface area contributed by atoms with Crippen molar-refractivity contribution < 1.29 is 14.3 Å². The maximum atomic E-state index is 12.7. The van der Waals surface area contributed by atoms with Crippen LogP contribution in [-0.2, 0) is 4.79 Å². The van der Waals surface area contributed by atoms with Gasteiger partial charge in [-0.3, -0.25) is 9.59 Å². The number of nitrogens with zero attached hydrogens (tertiary/aromatic N) is 3. The van der Waals surface area contributed by atoms with Crippen LogP contribution < -0.4 is 20.3 Å². The fraction of sp³-hybridized carbons (Fsp3) is 0.150. The Balaban J connectivity index is 1.88. The van der Waals surface area contributed by atoms with Gasteiger partial charge in [0.1, 0.15) is 23.2 Å². The zero-order chi connectivity index (χ0) is 20.4. The minimum absolute atomic E-state index is 0.0456. The van der Waals surface area contributed by atoms with Crippen LogP contribution in [0.1, 0.15) is 10.4 Å². The molecule has 0 unspecified atom stereocenters. The van der Waals surface area contributed by atoms with Crippen LogP contribution in [0.3, 0.4) is 0 Å². The molecule has 2 aromatic rings. The van der Waals surface area contributed by atoms with E-state index in [0.29, 0.717) is 10.8 Å². The average molecular weight is 397 g/mol. The Hall–Kier alpha value is -3.50. The van der Waals surface area contributed by atoms with Gasteiger partial charge in [0.2, 0.25) is 5.78 Å². The number of ether oxygens (including phenoxy) is 1. The van der Waals surface area contributed by atoms with Crippen molar-refractivity contribution in [3.8, 4) is 11.8 Å². The lowest BCUT2D eigenvalue weighted by Gasteiger charge is -2.20. The molecule has 0 radical (unpaired) electrons. The zero-order valence-corrected chi connectivity index (χ0v) is 16.0. The smallest absolute Gasteiger partial charge is 0.252 e. The summed E-state index contributed by atoms with van der Waals surface area (Å²) in [5.74, 6) is -0.656. The van der Waals surface area contributed by atoms with Gasteiger partial charge < -0.3 is 20.3 Å². The number of rotatable bonds is 5. The van der Waals surface area contributed by atoms with Crippen LogP contribution in [0.15, 0.2) is 53.9 Å². The molecule has 142 valence electrons. The number of para-hydroxylation sites is 2. The molecule has 0 saturated heterocycles. The number of halogens is 1. The summed E-state index contributed by atoms with van der Waals surface area (Å²) in [6.45, 7) is -0.424. The summed E-state index contributed by atoms with van der Waals surface area (Å²) in [6, 6.07) is 13.9. The third kappa shape index (κ3) is 3.38. The van der Waals surface area contributed by atoms with Crippen molar-refractivity contribution in [2.45, 2.75) is 0 Å². The lowest BCUT2D eigenvalue weighted by atomic mass is 10.1. The highest BCUT2D eigenvalue weighted by Crippen LogP contribution is 2.40. The molecule has 2 N–H and O–H groups in total. The first-order valence-corrected chi connectivity index (χ1v) is 8.69. The highest BCUT2D eigenvalue weighted by molar-refractivity contribution is 6.31. The number of primary amides is 1. The number of hydrogen-bond donors (Lipinski definition) is 1. The lowest BCUT2D eigenvalue weighted by Crippen LogP contribution is -2.28. The van der Waals surface area contributed by atoms with Gasteiger partial charge in [0.25, 0.3) is 5.91 Å². The van der Waals surface area contributed by atoms with E-state index in [2.05, 4.69) is 0 Å². The van der Waals surface area contributed by atoms with Crippen molar-refractivity contribution in [1.82, 2.24) is 0 Å². The van der Waals surface area contributed by atoms with Gasteiger partial charge in [0.15, 0.2) is 6.61 Å². The molecule has 0 aromatic heterocycles. The quantitative estimate of drug-likeness (QED) is 0.616. The number of nitrogens with two attached hydrogens (primary N) is 1. The molecule has 3 rings (SSSR count). The van der Waals surface area contributed by atoms with Crippen molar-refractivity contribution in [2.24, 2.45) is 5.73 Å². The van der Waals surface area contributed by atoms with Gasteiger partial charge in [-0.05, 0) is 30.3 Å². The molecule has 0 atom stereocenters. The fourth-order valence-corrected chi connectivity index (χ4v) is 3.27. The van der Waals surface area contributed by atoms with E-state index in [1.165, 1.54) is 18.2 Å². The van der Waals surface area contributed by atoms with Crippen LogP contribution in [0.5, 0.6) is 5.75 Å². The second-order valence-corrected chi connectivity index (χ2v) is 6.57. The van der Waals surface area contributed by atoms with Crippen molar-refractivity contribution in [1.29, 1.82) is 5.26 Å². The van der Waals surface area contributed by atoms with Gasteiger partial charge in [-0.2, -0.15) is 5.26 Å². The maximum Gasteiger partial charge on any atom is 0.252 e. The van der Waals surface area contributed by atoms with E-state index in [1.54, 1.807) is 23.9 Å². The van der Waals surface area contributed by atoms with Crippen LogP contribution in [0.25, 0.3) is 0 Å². The highest BCUT2D eigenvalue weighted by Gasteiger charge is 2.31. The van der Waals surface area contributed by atoms with Gasteiger partial charge in [-0.25, -0.2) is 0 Å². The number of amides is 1. The molecule has 0 saturated carbocycles. The number of benzene rings is 2. The van der Waals surface area contributed by atoms with E-state index in [9.17, 15) is 14.9 Å². The van der Waals surface area contributed by atoms with Crippen molar-refractivity contribution in [2.75, 3.05) is 30.5 Å². The van der Waals surface area contributed by atoms with E-state index < -0.39 is 18.3 Å². The van der Waals surface area contributed by atoms with Crippen LogP contribution >= 0.6 is 11.6 Å². The normalized spacial score (nSPS) is 12.4. The number of fused-ring (bicyclic) bond motifs is 1. The number of carbonyl (C=O) groups excluding carboxylic acids is 2. The third-order valence-corrected chi connectivity index (χ3v) is 4.66. The van der Waals surface area contributed by atoms with Gasteiger partial charge in [0.05, 0.1) is 16.9 Å². The van der Waals surface area contributed by atoms with Crippen LogP contribution in [0, 0.1) is 11.3 Å². The first kappa shape index (κ1) is 19.3. The summed E-state index contributed by atoms with van der Waals surface area (Å²) in [6.07, 6.45) is 0. The zero-order valence-electron chi connectivity index (χ0n) is 15.3. The predicted octanol–water partition coefficient (Wildman–Crippen LogP) is 2.71. The summed E-state index contributed by atoms with van der Waals surface area (Å²) in [4.78, 5) is 27.8. The summed E-state index contributed by atoms with van der Waals surface area (Å²) >= 11 is 5.87. The highest BCUT2D eigenvalue weighted by atomic mass is 35.5. The number of carbonyl (C=O) groups is 2. The van der Waals surface area contributed by atoms with E-state index in [4.69, 9.17) is 22.1 Å². The Morgan fingerprint density at radius 2 is 1.75 bits per heavy atom. The minimum Gasteiger partial charge on any atom is -0.485 e. The molecule has 1 heterocycles. The van der Waals surface area contributed by atoms with Crippen molar-refractivity contribution >= 4 is 34.7 Å². The van der Waals surface area contributed by atoms with E-state index in [-0.39, 0.29) is 16.9 Å². The molecule has 0 fully saturated rings. The molecule has 8 heteroatoms.